The van der Waals surface area contributed by atoms with Crippen LogP contribution in [0.15, 0.2) is 0 Å². The molecule has 0 aliphatic heterocycles. The van der Waals surface area contributed by atoms with Gasteiger partial charge in [-0.1, -0.05) is 0 Å². The summed E-state index contributed by atoms with van der Waals surface area (Å²) in [5.41, 5.74) is 0. The van der Waals surface area contributed by atoms with Gasteiger partial charge in [-0.15, -0.1) is 0 Å². The van der Waals surface area contributed by atoms with E-state index >= 15 is 0 Å². The van der Waals surface area contributed by atoms with Crippen molar-refractivity contribution in [2.75, 3.05) is 11.5 Å². The van der Waals surface area contributed by atoms with Gasteiger partial charge in [0.1, 0.15) is 0 Å². The number of hydrogen-bond acceptors (Lipinski definition) is 5. The van der Waals surface area contributed by atoms with Crippen LogP contribution in [-0.4, -0.2) is 33.7 Å². The summed E-state index contributed by atoms with van der Waals surface area (Å²) in [5.74, 6) is -1.000. The summed E-state index contributed by atoms with van der Waals surface area (Å²) in [4.78, 5) is 19.1. The summed E-state index contributed by atoms with van der Waals surface area (Å²) in [6.45, 7) is 0. The molecule has 0 heterocycles. The molecule has 5 nitrogen and oxygen atoms in total. The van der Waals surface area contributed by atoms with Crippen molar-refractivity contribution in [2.45, 2.75) is 12.8 Å². The average molecular weight is 317 g/mol. The molecule has 8 heteroatoms. The van der Waals surface area contributed by atoms with Gasteiger partial charge in [0.2, 0.25) is 0 Å². The van der Waals surface area contributed by atoms with Crippen LogP contribution in [0, 0.1) is 0 Å². The van der Waals surface area contributed by atoms with Crippen molar-refractivity contribution in [3.05, 3.63) is 0 Å². The second-order valence-corrected chi connectivity index (χ2v) is 2.51. The molecule has 0 radical (unpaired) electrons. The van der Waals surface area contributed by atoms with Crippen LogP contribution >= 0.6 is 0 Å². The molecule has 0 bridgehead atoms. The normalized spacial score (nSPS) is 7.43. The standard InChI is InChI=1S/2C3H6O2S.O.Zr/c2*4-3(5)1-2-6;;/h2*6H,1-2H2,(H,4,5);;/q;;;+2/p-2. The molecule has 0 unspecified atom stereocenters. The van der Waals surface area contributed by atoms with E-state index in [0.29, 0.717) is 36.2 Å². The molecule has 0 aromatic rings. The van der Waals surface area contributed by atoms with E-state index in [9.17, 15) is 9.59 Å². The van der Waals surface area contributed by atoms with Crippen LogP contribution in [0.5, 0.6) is 0 Å². The van der Waals surface area contributed by atoms with E-state index in [0.717, 1.165) is 0 Å². The fourth-order valence-electron chi connectivity index (χ4n) is 0.175. The Balaban J connectivity index is -0.000000147. The first-order valence-corrected chi connectivity index (χ1v) is 5.50. The van der Waals surface area contributed by atoms with Crippen LogP contribution < -0.4 is 0 Å². The molecule has 2 N–H and O–H groups in total. The van der Waals surface area contributed by atoms with Crippen molar-refractivity contribution >= 4 is 37.2 Å². The molecule has 0 aliphatic carbocycles. The molecule has 0 aromatic carbocycles. The predicted octanol–water partition coefficient (Wildman–Crippen LogP) is -0.105. The molecule has 0 spiro atoms. The molecule has 0 aliphatic rings. The summed E-state index contributed by atoms with van der Waals surface area (Å²) in [6.07, 6.45) is 0.213. The van der Waals surface area contributed by atoms with E-state index in [-0.39, 0.29) is 12.8 Å². The van der Waals surface area contributed by atoms with Gasteiger partial charge in [-0.2, -0.15) is 11.5 Å². The van der Waals surface area contributed by atoms with Crippen molar-refractivity contribution in [3.63, 3.8) is 0 Å². The fraction of sp³-hybridized carbons (Fsp3) is 0.667. The Bertz CT molecular complexity index is 139. The van der Waals surface area contributed by atoms with Crippen LogP contribution in [0.25, 0.3) is 0 Å². The first kappa shape index (κ1) is 19.8. The summed E-state index contributed by atoms with van der Waals surface area (Å²) < 4.78 is 8.34. The van der Waals surface area contributed by atoms with Crippen molar-refractivity contribution in [3.8, 4) is 0 Å². The summed E-state index contributed by atoms with van der Waals surface area (Å²) in [7, 11) is 0. The van der Waals surface area contributed by atoms with E-state index in [4.69, 9.17) is 13.0 Å². The SMILES string of the molecule is O=C(O)CC[S-].O=C(O)CC[S-].[O]=[Zr+2]. The molecule has 0 amide bonds. The van der Waals surface area contributed by atoms with Gasteiger partial charge in [0, 0.05) is 12.8 Å². The molecule has 0 fully saturated rings. The van der Waals surface area contributed by atoms with Crippen LogP contribution in [0.3, 0.4) is 0 Å². The van der Waals surface area contributed by atoms with E-state index < -0.39 is 11.9 Å². The molecule has 0 aromatic heterocycles. The quantitative estimate of drug-likeness (QED) is 0.699. The molecular formula is C6H10O5S2Zr. The van der Waals surface area contributed by atoms with Crippen molar-refractivity contribution < 1.29 is 47.3 Å². The Labute approximate surface area is 108 Å². The number of carboxylic acid groups (broad SMARTS) is 2. The zero-order valence-electron chi connectivity index (χ0n) is 7.26. The number of rotatable bonds is 4. The summed E-state index contributed by atoms with van der Waals surface area (Å²) in [6, 6.07) is 0. The van der Waals surface area contributed by atoms with Crippen LogP contribution in [0.2, 0.25) is 0 Å². The summed E-state index contributed by atoms with van der Waals surface area (Å²) in [5, 5.41) is 15.7. The first-order chi connectivity index (χ1) is 6.54. The maximum absolute atomic E-state index is 9.53. The maximum atomic E-state index is 9.53. The van der Waals surface area contributed by atoms with E-state index in [1.54, 1.807) is 0 Å². The van der Waals surface area contributed by atoms with Gasteiger partial charge in [-0.05, 0) is 0 Å². The average Bonchev–Trinajstić information content (AvgIpc) is 2.08. The third-order valence-corrected chi connectivity index (χ3v) is 1.04. The van der Waals surface area contributed by atoms with Crippen molar-refractivity contribution in [1.82, 2.24) is 0 Å². The Hall–Kier alpha value is 0.323. The summed E-state index contributed by atoms with van der Waals surface area (Å²) >= 11 is 8.99. The third kappa shape index (κ3) is 39.5. The van der Waals surface area contributed by atoms with Gasteiger partial charge in [-0.25, -0.2) is 0 Å². The second kappa shape index (κ2) is 19.0. The molecule has 0 saturated carbocycles. The molecular weight excluding hydrogens is 307 g/mol. The van der Waals surface area contributed by atoms with Gasteiger partial charge < -0.3 is 35.5 Å². The number of carbonyl (C=O) groups is 2. The van der Waals surface area contributed by atoms with Crippen molar-refractivity contribution in [2.24, 2.45) is 0 Å². The van der Waals surface area contributed by atoms with Crippen LogP contribution in [-0.2, 0) is 62.4 Å². The molecule has 14 heavy (non-hydrogen) atoms. The first-order valence-electron chi connectivity index (χ1n) is 3.34. The number of aliphatic carboxylic acids is 2. The topological polar surface area (TPSA) is 91.7 Å². The Morgan fingerprint density at radius 3 is 1.14 bits per heavy atom. The minimum atomic E-state index is -0.815. The van der Waals surface area contributed by atoms with Gasteiger partial charge >= 0.3 is 39.5 Å². The van der Waals surface area contributed by atoms with Gasteiger partial charge in [-0.3, -0.25) is 9.59 Å². The molecule has 0 rings (SSSR count). The van der Waals surface area contributed by atoms with Gasteiger partial charge in [0.05, 0.1) is 0 Å². The van der Waals surface area contributed by atoms with Gasteiger partial charge in [0.25, 0.3) is 0 Å². The third-order valence-electron chi connectivity index (χ3n) is 0.632. The van der Waals surface area contributed by atoms with E-state index in [1.165, 1.54) is 0 Å². The van der Waals surface area contributed by atoms with E-state index in [1.807, 2.05) is 0 Å². The zero-order chi connectivity index (χ0) is 12.0. The van der Waals surface area contributed by atoms with Gasteiger partial charge in [0.15, 0.2) is 0 Å². The second-order valence-electron chi connectivity index (χ2n) is 1.70. The van der Waals surface area contributed by atoms with Crippen LogP contribution in [0.4, 0.5) is 0 Å². The number of carboxylic acids is 2. The fourth-order valence-corrected chi connectivity index (χ4v) is 0.524. The van der Waals surface area contributed by atoms with E-state index in [2.05, 4.69) is 25.3 Å². The molecule has 0 saturated heterocycles. The predicted molar refractivity (Wildman–Crippen MR) is 49.7 cm³/mol. The van der Waals surface area contributed by atoms with Crippen molar-refractivity contribution in [1.29, 1.82) is 0 Å². The minimum absolute atomic E-state index is 0.106. The zero-order valence-corrected chi connectivity index (χ0v) is 11.4. The monoisotopic (exact) mass is 316 g/mol. The Morgan fingerprint density at radius 2 is 1.14 bits per heavy atom. The number of hydrogen-bond donors (Lipinski definition) is 2. The van der Waals surface area contributed by atoms with Crippen LogP contribution in [0.1, 0.15) is 12.8 Å². The Kier molecular flexibility index (Phi) is 26.9. The molecule has 80 valence electrons. The Morgan fingerprint density at radius 1 is 0.929 bits per heavy atom. The molecule has 0 atom stereocenters.